The van der Waals surface area contributed by atoms with Crippen LogP contribution in [0.5, 0.6) is 0 Å². The molecule has 18 heavy (non-hydrogen) atoms. The summed E-state index contributed by atoms with van der Waals surface area (Å²) in [7, 11) is 0. The van der Waals surface area contributed by atoms with Gasteiger partial charge in [-0.05, 0) is 12.1 Å². The van der Waals surface area contributed by atoms with Gasteiger partial charge in [0.05, 0.1) is 17.8 Å². The third kappa shape index (κ3) is 2.57. The van der Waals surface area contributed by atoms with Crippen molar-refractivity contribution in [3.63, 3.8) is 0 Å². The molecule has 0 atom stereocenters. The van der Waals surface area contributed by atoms with E-state index in [4.69, 9.17) is 23.4 Å². The minimum atomic E-state index is 0.314. The highest BCUT2D eigenvalue weighted by molar-refractivity contribution is 6.29. The molecule has 0 amide bonds. The van der Waals surface area contributed by atoms with Crippen LogP contribution in [0.2, 0.25) is 5.15 Å². The molecule has 0 spiro atoms. The Labute approximate surface area is 109 Å². The van der Waals surface area contributed by atoms with Crippen molar-refractivity contribution in [1.29, 1.82) is 5.26 Å². The van der Waals surface area contributed by atoms with Crippen LogP contribution in [0, 0.1) is 17.9 Å². The smallest absolute Gasteiger partial charge is 0.187 e. The Morgan fingerprint density at radius 2 is 2.06 bits per heavy atom. The van der Waals surface area contributed by atoms with Crippen LogP contribution >= 0.6 is 11.6 Å². The van der Waals surface area contributed by atoms with Crippen molar-refractivity contribution in [2.24, 2.45) is 0 Å². The van der Waals surface area contributed by atoms with Crippen molar-refractivity contribution in [3.8, 4) is 6.07 Å². The first-order valence-corrected chi connectivity index (χ1v) is 5.41. The van der Waals surface area contributed by atoms with E-state index in [0.717, 1.165) is 5.69 Å². The zero-order valence-corrected chi connectivity index (χ0v) is 9.94. The molecule has 1 aromatic heterocycles. The predicted molar refractivity (Wildman–Crippen MR) is 69.9 cm³/mol. The highest BCUT2D eigenvalue weighted by atomic mass is 35.5. The van der Waals surface area contributed by atoms with Crippen LogP contribution in [-0.4, -0.2) is 4.98 Å². The maximum absolute atomic E-state index is 8.96. The van der Waals surface area contributed by atoms with E-state index in [2.05, 4.69) is 15.1 Å². The minimum absolute atomic E-state index is 0.314. The number of pyridine rings is 1. The SMILES string of the molecule is [C-]#[N+]c1ccc(Nc2cc(Cl)ncc2C#N)cc1. The number of anilines is 2. The summed E-state index contributed by atoms with van der Waals surface area (Å²) in [5.74, 6) is 0. The molecule has 0 unspecified atom stereocenters. The van der Waals surface area contributed by atoms with E-state index in [1.54, 1.807) is 30.3 Å². The van der Waals surface area contributed by atoms with Crippen LogP contribution in [0.3, 0.4) is 0 Å². The third-order valence-electron chi connectivity index (χ3n) is 2.27. The molecule has 86 valence electrons. The first-order valence-electron chi connectivity index (χ1n) is 5.03. The molecule has 1 aromatic carbocycles. The number of rotatable bonds is 2. The van der Waals surface area contributed by atoms with Gasteiger partial charge in [0.25, 0.3) is 0 Å². The zero-order chi connectivity index (χ0) is 13.0. The van der Waals surface area contributed by atoms with Crippen LogP contribution in [0.1, 0.15) is 5.56 Å². The highest BCUT2D eigenvalue weighted by Gasteiger charge is 2.04. The second kappa shape index (κ2) is 5.18. The molecule has 2 rings (SSSR count). The molecule has 0 bridgehead atoms. The van der Waals surface area contributed by atoms with Gasteiger partial charge >= 0.3 is 0 Å². The number of nitriles is 1. The summed E-state index contributed by atoms with van der Waals surface area (Å²) in [6.07, 6.45) is 1.41. The monoisotopic (exact) mass is 254 g/mol. The van der Waals surface area contributed by atoms with Gasteiger partial charge in [0.1, 0.15) is 11.2 Å². The van der Waals surface area contributed by atoms with E-state index < -0.39 is 0 Å². The van der Waals surface area contributed by atoms with Crippen LogP contribution in [-0.2, 0) is 0 Å². The van der Waals surface area contributed by atoms with Crippen LogP contribution in [0.4, 0.5) is 17.1 Å². The maximum Gasteiger partial charge on any atom is 0.187 e. The van der Waals surface area contributed by atoms with E-state index in [9.17, 15) is 0 Å². The minimum Gasteiger partial charge on any atom is -0.354 e. The molecule has 0 aliphatic heterocycles. The number of halogens is 1. The standard InChI is InChI=1S/C13H7ClN4/c1-16-10-2-4-11(5-3-10)18-12-6-13(14)17-8-9(12)7-15/h2-6,8H,(H,17,18). The molecular weight excluding hydrogens is 248 g/mol. The molecule has 5 heteroatoms. The van der Waals surface area contributed by atoms with Crippen molar-refractivity contribution in [2.45, 2.75) is 0 Å². The van der Waals surface area contributed by atoms with E-state index >= 15 is 0 Å². The van der Waals surface area contributed by atoms with Gasteiger partial charge in [-0.1, -0.05) is 23.7 Å². The van der Waals surface area contributed by atoms with Crippen molar-refractivity contribution >= 4 is 28.7 Å². The molecule has 1 N–H and O–H groups in total. The molecule has 0 aliphatic rings. The Bertz CT molecular complexity index is 650. The lowest BCUT2D eigenvalue weighted by molar-refractivity contribution is 1.30. The van der Waals surface area contributed by atoms with Crippen molar-refractivity contribution in [3.05, 3.63) is 58.7 Å². The fourth-order valence-corrected chi connectivity index (χ4v) is 1.56. The number of hydrogen-bond acceptors (Lipinski definition) is 3. The molecule has 0 aliphatic carbocycles. The maximum atomic E-state index is 8.96. The van der Waals surface area contributed by atoms with Crippen LogP contribution in [0.25, 0.3) is 4.85 Å². The van der Waals surface area contributed by atoms with Gasteiger partial charge in [-0.15, -0.1) is 0 Å². The Kier molecular flexibility index (Phi) is 3.43. The summed E-state index contributed by atoms with van der Waals surface area (Å²) in [5.41, 5.74) is 2.34. The topological polar surface area (TPSA) is 53.1 Å². The van der Waals surface area contributed by atoms with Gasteiger partial charge < -0.3 is 5.32 Å². The molecule has 0 fully saturated rings. The average molecular weight is 255 g/mol. The van der Waals surface area contributed by atoms with E-state index in [-0.39, 0.29) is 0 Å². The van der Waals surface area contributed by atoms with Gasteiger partial charge in [-0.25, -0.2) is 9.83 Å². The number of aromatic nitrogens is 1. The fraction of sp³-hybridized carbons (Fsp3) is 0. The Hall–Kier alpha value is -2.56. The lowest BCUT2D eigenvalue weighted by Crippen LogP contribution is -1.94. The molecular formula is C13H7ClN4. The zero-order valence-electron chi connectivity index (χ0n) is 9.18. The predicted octanol–water partition coefficient (Wildman–Crippen LogP) is 3.90. The van der Waals surface area contributed by atoms with E-state index in [1.165, 1.54) is 6.20 Å². The highest BCUT2D eigenvalue weighted by Crippen LogP contribution is 2.24. The molecule has 2 aromatic rings. The van der Waals surface area contributed by atoms with Gasteiger partial charge in [0.15, 0.2) is 5.69 Å². The number of nitrogens with zero attached hydrogens (tertiary/aromatic N) is 3. The molecule has 0 radical (unpaired) electrons. The Morgan fingerprint density at radius 3 is 2.67 bits per heavy atom. The summed E-state index contributed by atoms with van der Waals surface area (Å²) in [4.78, 5) is 7.15. The summed E-state index contributed by atoms with van der Waals surface area (Å²) in [5, 5.41) is 12.3. The number of hydrogen-bond donors (Lipinski definition) is 1. The summed E-state index contributed by atoms with van der Waals surface area (Å²) in [6, 6.07) is 10.6. The second-order valence-corrected chi connectivity index (χ2v) is 3.84. The molecule has 1 heterocycles. The van der Waals surface area contributed by atoms with Crippen molar-refractivity contribution in [1.82, 2.24) is 4.98 Å². The number of nitrogens with one attached hydrogen (secondary N) is 1. The largest absolute Gasteiger partial charge is 0.354 e. The Balaban J connectivity index is 2.31. The lowest BCUT2D eigenvalue weighted by atomic mass is 10.2. The lowest BCUT2D eigenvalue weighted by Gasteiger charge is -2.08. The summed E-state index contributed by atoms with van der Waals surface area (Å²) >= 11 is 5.79. The second-order valence-electron chi connectivity index (χ2n) is 3.45. The van der Waals surface area contributed by atoms with Gasteiger partial charge in [-0.3, -0.25) is 0 Å². The Morgan fingerprint density at radius 1 is 1.33 bits per heavy atom. The third-order valence-corrected chi connectivity index (χ3v) is 2.47. The van der Waals surface area contributed by atoms with Gasteiger partial charge in [-0.2, -0.15) is 5.26 Å². The fourth-order valence-electron chi connectivity index (χ4n) is 1.40. The molecule has 0 saturated carbocycles. The first kappa shape index (κ1) is 11.9. The quantitative estimate of drug-likeness (QED) is 0.653. The number of benzene rings is 1. The van der Waals surface area contributed by atoms with E-state index in [0.29, 0.717) is 22.1 Å². The normalized spacial score (nSPS) is 9.28. The first-order chi connectivity index (χ1) is 8.72. The molecule has 4 nitrogen and oxygen atoms in total. The summed E-state index contributed by atoms with van der Waals surface area (Å²) in [6.45, 7) is 6.86. The van der Waals surface area contributed by atoms with Gasteiger partial charge in [0, 0.05) is 18.0 Å². The van der Waals surface area contributed by atoms with Gasteiger partial charge in [0.2, 0.25) is 0 Å². The van der Waals surface area contributed by atoms with Crippen LogP contribution in [0.15, 0.2) is 36.5 Å². The van der Waals surface area contributed by atoms with Crippen molar-refractivity contribution < 1.29 is 0 Å². The van der Waals surface area contributed by atoms with E-state index in [1.807, 2.05) is 6.07 Å². The summed E-state index contributed by atoms with van der Waals surface area (Å²) < 4.78 is 0. The van der Waals surface area contributed by atoms with Crippen molar-refractivity contribution in [2.75, 3.05) is 5.32 Å². The average Bonchev–Trinajstić information content (AvgIpc) is 2.40. The molecule has 0 saturated heterocycles. The van der Waals surface area contributed by atoms with Crippen LogP contribution < -0.4 is 5.32 Å².